The molecule has 1 aliphatic rings. The lowest BCUT2D eigenvalue weighted by Gasteiger charge is -2.26. The molecule has 2 amide bonds. The first-order chi connectivity index (χ1) is 15.9. The van der Waals surface area contributed by atoms with E-state index < -0.39 is 23.9 Å². The van der Waals surface area contributed by atoms with E-state index in [-0.39, 0.29) is 0 Å². The highest BCUT2D eigenvalue weighted by atomic mass is 16.5. The normalized spacial score (nSPS) is 15.4. The number of aromatic nitrogens is 2. The van der Waals surface area contributed by atoms with Crippen molar-refractivity contribution in [3.05, 3.63) is 77.1 Å². The number of nitrogens with zero attached hydrogens (tertiary/aromatic N) is 2. The van der Waals surface area contributed by atoms with E-state index in [2.05, 4.69) is 44.7 Å². The Balaban J connectivity index is 1.38. The van der Waals surface area contributed by atoms with Crippen LogP contribution in [0.2, 0.25) is 0 Å². The molecule has 3 aromatic rings. The maximum absolute atomic E-state index is 12.5. The number of fused-ring (bicyclic) bond motifs is 1. The molecule has 0 unspecified atom stereocenters. The van der Waals surface area contributed by atoms with Crippen molar-refractivity contribution in [2.45, 2.75) is 38.5 Å². The van der Waals surface area contributed by atoms with Crippen LogP contribution in [0.15, 0.2) is 54.7 Å². The second kappa shape index (κ2) is 9.95. The molecule has 0 saturated heterocycles. The second-order valence-electron chi connectivity index (χ2n) is 8.40. The first-order valence-electron chi connectivity index (χ1n) is 10.9. The Morgan fingerprint density at radius 2 is 1.82 bits per heavy atom. The fourth-order valence-electron chi connectivity index (χ4n) is 4.02. The molecule has 1 aromatic heterocycles. The van der Waals surface area contributed by atoms with E-state index in [1.54, 1.807) is 19.1 Å². The Morgan fingerprint density at radius 1 is 1.15 bits per heavy atom. The number of nitrogens with one attached hydrogen (secondary N) is 3. The van der Waals surface area contributed by atoms with Crippen LogP contribution in [0.5, 0.6) is 0 Å². The maximum atomic E-state index is 12.5. The topological polar surface area (TPSA) is 136 Å². The van der Waals surface area contributed by atoms with Crippen LogP contribution >= 0.6 is 0 Å². The van der Waals surface area contributed by atoms with Crippen LogP contribution in [-0.2, 0) is 24.3 Å². The molecule has 33 heavy (non-hydrogen) atoms. The number of hydrogen-bond donors (Lipinski definition) is 5. The summed E-state index contributed by atoms with van der Waals surface area (Å²) in [5.41, 5.74) is 13.4. The van der Waals surface area contributed by atoms with Gasteiger partial charge in [-0.1, -0.05) is 36.4 Å². The summed E-state index contributed by atoms with van der Waals surface area (Å²) in [5.74, 6) is -1.20. The smallest absolute Gasteiger partial charge is 0.267 e. The number of H-pyrrole nitrogens is 1. The fraction of sp³-hybridized carbons (Fsp3) is 0.292. The average Bonchev–Trinajstić information content (AvgIpc) is 3.30. The summed E-state index contributed by atoms with van der Waals surface area (Å²) in [4.78, 5) is 26.6. The van der Waals surface area contributed by atoms with E-state index in [0.29, 0.717) is 5.56 Å². The SMILES string of the molecule is C[C@@H](N)[C@H](NC(=O)c1ccc(-c2ccc(CN3CCc4[nH]ncc4C3)cc2)cc1)C(=O)NO. The van der Waals surface area contributed by atoms with Crippen molar-refractivity contribution >= 4 is 11.8 Å². The molecule has 2 atom stereocenters. The van der Waals surface area contributed by atoms with Gasteiger partial charge in [0.05, 0.1) is 6.20 Å². The highest BCUT2D eigenvalue weighted by molar-refractivity contribution is 5.98. The Bertz CT molecular complexity index is 1110. The van der Waals surface area contributed by atoms with Gasteiger partial charge >= 0.3 is 0 Å². The largest absolute Gasteiger partial charge is 0.339 e. The van der Waals surface area contributed by atoms with E-state index in [9.17, 15) is 9.59 Å². The van der Waals surface area contributed by atoms with Gasteiger partial charge in [-0.25, -0.2) is 5.48 Å². The van der Waals surface area contributed by atoms with Gasteiger partial charge in [0.15, 0.2) is 0 Å². The van der Waals surface area contributed by atoms with Gasteiger partial charge in [0.25, 0.3) is 11.8 Å². The average molecular weight is 449 g/mol. The number of benzene rings is 2. The Kier molecular flexibility index (Phi) is 6.83. The van der Waals surface area contributed by atoms with Crippen LogP contribution in [0.1, 0.15) is 34.1 Å². The van der Waals surface area contributed by atoms with Crippen LogP contribution in [0, 0.1) is 0 Å². The van der Waals surface area contributed by atoms with Crippen molar-refractivity contribution in [2.24, 2.45) is 5.73 Å². The number of carbonyl (C=O) groups excluding carboxylic acids is 2. The monoisotopic (exact) mass is 448 g/mol. The molecule has 0 saturated carbocycles. The van der Waals surface area contributed by atoms with Gasteiger partial charge in [-0.15, -0.1) is 0 Å². The minimum atomic E-state index is -1.03. The third-order valence-corrected chi connectivity index (χ3v) is 5.93. The molecule has 0 aliphatic carbocycles. The molecular weight excluding hydrogens is 420 g/mol. The third-order valence-electron chi connectivity index (χ3n) is 5.93. The summed E-state index contributed by atoms with van der Waals surface area (Å²) >= 11 is 0. The zero-order valence-electron chi connectivity index (χ0n) is 18.4. The van der Waals surface area contributed by atoms with Crippen LogP contribution in [0.25, 0.3) is 11.1 Å². The van der Waals surface area contributed by atoms with E-state index >= 15 is 0 Å². The summed E-state index contributed by atoms with van der Waals surface area (Å²) < 4.78 is 0. The summed E-state index contributed by atoms with van der Waals surface area (Å²) in [5, 5.41) is 18.6. The van der Waals surface area contributed by atoms with Crippen molar-refractivity contribution in [1.82, 2.24) is 25.9 Å². The van der Waals surface area contributed by atoms with Crippen molar-refractivity contribution in [3.8, 4) is 11.1 Å². The number of carbonyl (C=O) groups is 2. The molecule has 1 aliphatic heterocycles. The predicted octanol–water partition coefficient (Wildman–Crippen LogP) is 1.59. The highest BCUT2D eigenvalue weighted by Crippen LogP contribution is 2.23. The molecule has 0 fully saturated rings. The maximum Gasteiger partial charge on any atom is 0.267 e. The van der Waals surface area contributed by atoms with E-state index in [4.69, 9.17) is 10.9 Å². The summed E-state index contributed by atoms with van der Waals surface area (Å²) in [6.45, 7) is 4.37. The van der Waals surface area contributed by atoms with Gasteiger partial charge in [-0.3, -0.25) is 24.8 Å². The Morgan fingerprint density at radius 3 is 2.45 bits per heavy atom. The number of aromatic amines is 1. The first kappa shape index (κ1) is 22.7. The van der Waals surface area contributed by atoms with Crippen LogP contribution in [-0.4, -0.2) is 50.7 Å². The van der Waals surface area contributed by atoms with Gasteiger partial charge in [-0.05, 0) is 35.7 Å². The minimum absolute atomic E-state index is 0.399. The Hall–Kier alpha value is -3.53. The minimum Gasteiger partial charge on any atom is -0.339 e. The fourth-order valence-corrected chi connectivity index (χ4v) is 4.02. The Labute approximate surface area is 191 Å². The van der Waals surface area contributed by atoms with Gasteiger partial charge < -0.3 is 11.1 Å². The van der Waals surface area contributed by atoms with Crippen molar-refractivity contribution in [1.29, 1.82) is 0 Å². The molecule has 0 spiro atoms. The first-order valence-corrected chi connectivity index (χ1v) is 10.9. The lowest BCUT2D eigenvalue weighted by atomic mass is 10.0. The third kappa shape index (κ3) is 5.28. The highest BCUT2D eigenvalue weighted by Gasteiger charge is 2.24. The predicted molar refractivity (Wildman–Crippen MR) is 123 cm³/mol. The number of nitrogens with two attached hydrogens (primary N) is 1. The zero-order valence-corrected chi connectivity index (χ0v) is 18.4. The quantitative estimate of drug-likeness (QED) is 0.275. The van der Waals surface area contributed by atoms with E-state index in [0.717, 1.165) is 37.2 Å². The molecule has 9 nitrogen and oxygen atoms in total. The van der Waals surface area contributed by atoms with Crippen LogP contribution in [0.3, 0.4) is 0 Å². The van der Waals surface area contributed by atoms with Gasteiger partial charge in [0, 0.05) is 48.9 Å². The van der Waals surface area contributed by atoms with Gasteiger partial charge in [0.2, 0.25) is 0 Å². The summed E-state index contributed by atoms with van der Waals surface area (Å²) in [7, 11) is 0. The summed E-state index contributed by atoms with van der Waals surface area (Å²) in [6.07, 6.45) is 2.90. The number of hydroxylamine groups is 1. The standard InChI is InChI=1S/C24H28N6O3/c1-15(25)22(24(32)29-33)27-23(31)19-8-6-18(7-9-19)17-4-2-16(3-5-17)13-30-11-10-21-20(14-30)12-26-28-21/h2-9,12,15,22,33H,10-11,13-14,25H2,1H3,(H,26,28)(H,27,31)(H,29,32)/t15-,22+/m1/s1. The number of amides is 2. The van der Waals surface area contributed by atoms with Crippen molar-refractivity contribution < 1.29 is 14.8 Å². The van der Waals surface area contributed by atoms with Gasteiger partial charge in [0.1, 0.15) is 6.04 Å². The van der Waals surface area contributed by atoms with Crippen molar-refractivity contribution in [2.75, 3.05) is 6.54 Å². The lowest BCUT2D eigenvalue weighted by Crippen LogP contribution is -2.54. The molecule has 0 bridgehead atoms. The molecular formula is C24H28N6O3. The molecule has 2 heterocycles. The number of rotatable bonds is 7. The molecule has 0 radical (unpaired) electrons. The van der Waals surface area contributed by atoms with E-state index in [1.807, 2.05) is 18.3 Å². The van der Waals surface area contributed by atoms with Crippen LogP contribution < -0.4 is 16.5 Å². The van der Waals surface area contributed by atoms with Gasteiger partial charge in [-0.2, -0.15) is 5.10 Å². The lowest BCUT2D eigenvalue weighted by molar-refractivity contribution is -0.131. The van der Waals surface area contributed by atoms with Crippen molar-refractivity contribution in [3.63, 3.8) is 0 Å². The zero-order chi connectivity index (χ0) is 23.4. The molecule has 4 rings (SSSR count). The number of hydrogen-bond acceptors (Lipinski definition) is 6. The van der Waals surface area contributed by atoms with E-state index in [1.165, 1.54) is 22.3 Å². The molecule has 6 N–H and O–H groups in total. The second-order valence-corrected chi connectivity index (χ2v) is 8.40. The van der Waals surface area contributed by atoms with Crippen LogP contribution in [0.4, 0.5) is 0 Å². The molecule has 2 aromatic carbocycles. The summed E-state index contributed by atoms with van der Waals surface area (Å²) in [6, 6.07) is 13.8. The molecule has 9 heteroatoms. The molecule has 172 valence electrons.